The van der Waals surface area contributed by atoms with Crippen LogP contribution in [0.2, 0.25) is 0 Å². The van der Waals surface area contributed by atoms with Gasteiger partial charge in [0.1, 0.15) is 0 Å². The maximum absolute atomic E-state index is 12.8. The van der Waals surface area contributed by atoms with E-state index in [4.69, 9.17) is 0 Å². The molecule has 0 N–H and O–H groups in total. The van der Waals surface area contributed by atoms with Crippen molar-refractivity contribution in [1.82, 2.24) is 14.9 Å². The van der Waals surface area contributed by atoms with E-state index in [1.165, 1.54) is 11.3 Å². The second kappa shape index (κ2) is 6.70. The number of anilines is 2. The Bertz CT molecular complexity index is 742. The van der Waals surface area contributed by atoms with Crippen molar-refractivity contribution in [2.24, 2.45) is 0 Å². The number of para-hydroxylation sites is 1. The van der Waals surface area contributed by atoms with E-state index in [0.717, 1.165) is 38.5 Å². The second-order valence-corrected chi connectivity index (χ2v) is 6.73. The van der Waals surface area contributed by atoms with E-state index >= 15 is 0 Å². The Morgan fingerprint density at radius 3 is 2.56 bits per heavy atom. The van der Waals surface area contributed by atoms with Crippen molar-refractivity contribution < 1.29 is 4.79 Å². The lowest BCUT2D eigenvalue weighted by molar-refractivity contribution is -0.130. The molecule has 1 aromatic carbocycles. The van der Waals surface area contributed by atoms with Crippen LogP contribution < -0.4 is 9.80 Å². The van der Waals surface area contributed by atoms with Crippen LogP contribution in [0.4, 0.5) is 11.6 Å². The summed E-state index contributed by atoms with van der Waals surface area (Å²) >= 11 is 0. The van der Waals surface area contributed by atoms with Crippen LogP contribution in [0.3, 0.4) is 0 Å². The first kappa shape index (κ1) is 15.9. The number of carbonyl (C=O) groups is 1. The number of carbonyl (C=O) groups excluding carboxylic acids is 1. The largest absolute Gasteiger partial charge is 0.359 e. The minimum absolute atomic E-state index is 0.206. The van der Waals surface area contributed by atoms with Gasteiger partial charge in [0.2, 0.25) is 11.9 Å². The van der Waals surface area contributed by atoms with E-state index < -0.39 is 0 Å². The third kappa shape index (κ3) is 3.16. The number of aromatic nitrogens is 2. The monoisotopic (exact) mass is 337 g/mol. The fraction of sp³-hybridized carbons (Fsp3) is 0.421. The number of nitrogens with zero attached hydrogens (tertiary/aromatic N) is 5. The molecule has 25 heavy (non-hydrogen) atoms. The van der Waals surface area contributed by atoms with Crippen molar-refractivity contribution in [3.8, 4) is 0 Å². The highest BCUT2D eigenvalue weighted by Crippen LogP contribution is 2.31. The van der Waals surface area contributed by atoms with Crippen molar-refractivity contribution in [3.05, 3.63) is 48.3 Å². The molecule has 4 rings (SSSR count). The lowest BCUT2D eigenvalue weighted by atomic mass is 10.1. The van der Waals surface area contributed by atoms with Gasteiger partial charge in [-0.25, -0.2) is 9.97 Å². The zero-order chi connectivity index (χ0) is 17.2. The first-order chi connectivity index (χ1) is 12.2. The van der Waals surface area contributed by atoms with Gasteiger partial charge in [0.25, 0.3) is 0 Å². The molecule has 3 heterocycles. The Kier molecular flexibility index (Phi) is 4.26. The van der Waals surface area contributed by atoms with E-state index in [-0.39, 0.29) is 5.91 Å². The SMILES string of the molecule is C[C@H]1Cc2ccccc2N1CC(=O)N1CCN(c2ncccn2)CC1. The molecule has 2 aromatic rings. The van der Waals surface area contributed by atoms with Crippen LogP contribution in [0.1, 0.15) is 12.5 Å². The molecule has 0 bridgehead atoms. The van der Waals surface area contributed by atoms with E-state index in [0.29, 0.717) is 12.6 Å². The molecule has 0 radical (unpaired) electrons. The van der Waals surface area contributed by atoms with Gasteiger partial charge >= 0.3 is 0 Å². The third-order valence-electron chi connectivity index (χ3n) is 5.12. The molecule has 0 spiro atoms. The van der Waals surface area contributed by atoms with Crippen LogP contribution in [0.5, 0.6) is 0 Å². The van der Waals surface area contributed by atoms with Gasteiger partial charge in [-0.15, -0.1) is 0 Å². The van der Waals surface area contributed by atoms with E-state index in [2.05, 4.69) is 44.9 Å². The zero-order valence-electron chi connectivity index (χ0n) is 14.5. The number of hydrogen-bond acceptors (Lipinski definition) is 5. The highest BCUT2D eigenvalue weighted by atomic mass is 16.2. The van der Waals surface area contributed by atoms with Crippen LogP contribution in [-0.2, 0) is 11.2 Å². The van der Waals surface area contributed by atoms with E-state index in [1.807, 2.05) is 17.0 Å². The van der Waals surface area contributed by atoms with Gasteiger partial charge in [0.05, 0.1) is 6.54 Å². The summed E-state index contributed by atoms with van der Waals surface area (Å²) in [7, 11) is 0. The highest BCUT2D eigenvalue weighted by molar-refractivity contribution is 5.83. The molecular weight excluding hydrogens is 314 g/mol. The van der Waals surface area contributed by atoms with Gasteiger partial charge in [-0.3, -0.25) is 4.79 Å². The Morgan fingerprint density at radius 2 is 1.80 bits per heavy atom. The number of piperazine rings is 1. The predicted molar refractivity (Wildman–Crippen MR) is 97.8 cm³/mol. The molecule has 0 saturated carbocycles. The van der Waals surface area contributed by atoms with Gasteiger partial charge in [0.15, 0.2) is 0 Å². The molecule has 1 saturated heterocycles. The molecule has 1 fully saturated rings. The molecule has 130 valence electrons. The summed E-state index contributed by atoms with van der Waals surface area (Å²) in [6, 6.07) is 10.6. The summed E-state index contributed by atoms with van der Waals surface area (Å²) < 4.78 is 0. The van der Waals surface area contributed by atoms with Crippen LogP contribution >= 0.6 is 0 Å². The van der Waals surface area contributed by atoms with Crippen LogP contribution in [-0.4, -0.2) is 59.5 Å². The van der Waals surface area contributed by atoms with Crippen molar-refractivity contribution in [2.75, 3.05) is 42.5 Å². The Hall–Kier alpha value is -2.63. The summed E-state index contributed by atoms with van der Waals surface area (Å²) in [6.07, 6.45) is 4.53. The van der Waals surface area contributed by atoms with Crippen molar-refractivity contribution in [2.45, 2.75) is 19.4 Å². The van der Waals surface area contributed by atoms with Crippen LogP contribution in [0.25, 0.3) is 0 Å². The molecule has 6 nitrogen and oxygen atoms in total. The second-order valence-electron chi connectivity index (χ2n) is 6.73. The maximum atomic E-state index is 12.8. The molecule has 1 atom stereocenters. The standard InChI is InChI=1S/C19H23N5O/c1-15-13-16-5-2-3-6-17(16)24(15)14-18(25)22-9-11-23(12-10-22)19-20-7-4-8-21-19/h2-8,15H,9-14H2,1H3/t15-/m0/s1. The smallest absolute Gasteiger partial charge is 0.242 e. The Morgan fingerprint density at radius 1 is 1.08 bits per heavy atom. The zero-order valence-corrected chi connectivity index (χ0v) is 14.5. The first-order valence-electron chi connectivity index (χ1n) is 8.86. The molecular formula is C19H23N5O. The average Bonchev–Trinajstić information content (AvgIpc) is 2.98. The van der Waals surface area contributed by atoms with Gasteiger partial charge < -0.3 is 14.7 Å². The average molecular weight is 337 g/mol. The first-order valence-corrected chi connectivity index (χ1v) is 8.86. The molecule has 2 aliphatic rings. The van der Waals surface area contributed by atoms with Crippen molar-refractivity contribution in [1.29, 1.82) is 0 Å². The normalized spacial score (nSPS) is 19.9. The molecule has 1 amide bonds. The number of benzene rings is 1. The summed E-state index contributed by atoms with van der Waals surface area (Å²) in [5, 5.41) is 0. The summed E-state index contributed by atoms with van der Waals surface area (Å²) in [5.41, 5.74) is 2.55. The maximum Gasteiger partial charge on any atom is 0.242 e. The number of rotatable bonds is 3. The Labute approximate surface area is 148 Å². The van der Waals surface area contributed by atoms with Gasteiger partial charge in [-0.2, -0.15) is 0 Å². The topological polar surface area (TPSA) is 52.6 Å². The van der Waals surface area contributed by atoms with Crippen molar-refractivity contribution in [3.63, 3.8) is 0 Å². The summed E-state index contributed by atoms with van der Waals surface area (Å²) in [6.45, 7) is 5.66. The van der Waals surface area contributed by atoms with Crippen LogP contribution in [0, 0.1) is 0 Å². The van der Waals surface area contributed by atoms with Crippen LogP contribution in [0.15, 0.2) is 42.7 Å². The lowest BCUT2D eigenvalue weighted by Crippen LogP contribution is -2.52. The Balaban J connectivity index is 1.37. The van der Waals surface area contributed by atoms with Gasteiger partial charge in [-0.05, 0) is 31.0 Å². The molecule has 2 aliphatic heterocycles. The quantitative estimate of drug-likeness (QED) is 0.851. The molecule has 1 aromatic heterocycles. The van der Waals surface area contributed by atoms with E-state index in [1.54, 1.807) is 12.4 Å². The van der Waals surface area contributed by atoms with E-state index in [9.17, 15) is 4.79 Å². The number of fused-ring (bicyclic) bond motifs is 1. The van der Waals surface area contributed by atoms with Gasteiger partial charge in [0, 0.05) is 50.3 Å². The molecule has 0 unspecified atom stereocenters. The van der Waals surface area contributed by atoms with Crippen molar-refractivity contribution >= 4 is 17.5 Å². The minimum Gasteiger partial charge on any atom is -0.359 e. The molecule has 0 aliphatic carbocycles. The number of hydrogen-bond donors (Lipinski definition) is 0. The fourth-order valence-electron chi connectivity index (χ4n) is 3.73. The summed E-state index contributed by atoms with van der Waals surface area (Å²) in [4.78, 5) is 27.7. The third-order valence-corrected chi connectivity index (χ3v) is 5.12. The minimum atomic E-state index is 0.206. The summed E-state index contributed by atoms with van der Waals surface area (Å²) in [5.74, 6) is 0.953. The lowest BCUT2D eigenvalue weighted by Gasteiger charge is -2.36. The van der Waals surface area contributed by atoms with Gasteiger partial charge in [-0.1, -0.05) is 18.2 Å². The number of amides is 1. The highest BCUT2D eigenvalue weighted by Gasteiger charge is 2.30. The predicted octanol–water partition coefficient (Wildman–Crippen LogP) is 1.58. The molecule has 6 heteroatoms. The fourth-order valence-corrected chi connectivity index (χ4v) is 3.73.